The Balaban J connectivity index is 0.0000000976. The molecular weight excluding hydrogens is 1600 g/mol. The van der Waals surface area contributed by atoms with Crippen LogP contribution in [0.25, 0.3) is 262 Å². The first kappa shape index (κ1) is 71.1. The van der Waals surface area contributed by atoms with Crippen molar-refractivity contribution in [3.63, 3.8) is 0 Å². The Morgan fingerprint density at radius 1 is 0.186 bits per heavy atom. The first-order chi connectivity index (χ1) is 64.1. The third-order valence-corrected chi connectivity index (χ3v) is 27.6. The van der Waals surface area contributed by atoms with Crippen molar-refractivity contribution in [2.24, 2.45) is 0 Å². The molecule has 0 unspecified atom stereocenters. The second kappa shape index (κ2) is 27.5. The van der Waals surface area contributed by atoms with Crippen molar-refractivity contribution in [1.82, 2.24) is 57.3 Å². The zero-order chi connectivity index (χ0) is 84.2. The van der Waals surface area contributed by atoms with Crippen LogP contribution in [-0.4, -0.2) is 57.3 Å². The molecule has 0 atom stereocenters. The van der Waals surface area contributed by atoms with Crippen molar-refractivity contribution in [1.29, 1.82) is 0 Å². The van der Waals surface area contributed by atoms with E-state index in [0.717, 1.165) is 209 Å². The van der Waals surface area contributed by atoms with Crippen LogP contribution in [0.2, 0.25) is 0 Å². The highest BCUT2D eigenvalue weighted by atomic mass is 32.1. The van der Waals surface area contributed by atoms with Crippen LogP contribution in [0.5, 0.6) is 0 Å². The molecule has 129 heavy (non-hydrogen) atoms. The van der Waals surface area contributed by atoms with Gasteiger partial charge in [-0.25, -0.2) is 29.9 Å². The Morgan fingerprint density at radius 3 is 0.798 bits per heavy atom. The van der Waals surface area contributed by atoms with Gasteiger partial charge in [0.1, 0.15) is 41.3 Å². The minimum atomic E-state index is 0.882. The molecule has 0 bridgehead atoms. The van der Waals surface area contributed by atoms with Crippen molar-refractivity contribution in [3.05, 3.63) is 402 Å². The smallest absolute Gasteiger partial charge is 0.135 e. The van der Waals surface area contributed by atoms with Crippen molar-refractivity contribution in [2.45, 2.75) is 0 Å². The Kier molecular flexibility index (Phi) is 15.2. The summed E-state index contributed by atoms with van der Waals surface area (Å²) in [7, 11) is 0. The van der Waals surface area contributed by atoms with Crippen LogP contribution in [0.15, 0.2) is 410 Å². The molecule has 0 aliphatic heterocycles. The van der Waals surface area contributed by atoms with Gasteiger partial charge in [-0.3, -0.25) is 0 Å². The topological polar surface area (TPSA) is 133 Å². The maximum absolute atomic E-state index is 6.21. The van der Waals surface area contributed by atoms with Gasteiger partial charge in [0.25, 0.3) is 0 Å². The van der Waals surface area contributed by atoms with Gasteiger partial charge in [-0.2, -0.15) is 0 Å². The molecular formula is C114H66N12O2S. The van der Waals surface area contributed by atoms with Gasteiger partial charge in [0.15, 0.2) is 0 Å². The fraction of sp³-hybridized carbons (Fsp3) is 0. The molecule has 0 saturated carbocycles. The highest BCUT2D eigenvalue weighted by Gasteiger charge is 2.31. The quantitative estimate of drug-likeness (QED) is 0.161. The van der Waals surface area contributed by atoms with E-state index in [9.17, 15) is 0 Å². The van der Waals surface area contributed by atoms with E-state index in [2.05, 4.69) is 382 Å². The number of hydrogen-bond donors (Lipinski definition) is 0. The van der Waals surface area contributed by atoms with E-state index in [1.807, 2.05) is 54.2 Å². The number of aromatic nitrogens is 12. The summed E-state index contributed by atoms with van der Waals surface area (Å²) in [4.78, 5) is 28.4. The molecule has 0 fully saturated rings. The molecule has 0 amide bonds. The highest BCUT2D eigenvalue weighted by molar-refractivity contribution is 7.25. The maximum Gasteiger partial charge on any atom is 0.135 e. The molecule has 0 saturated heterocycles. The molecule has 15 heteroatoms. The average Bonchev–Trinajstić information content (AvgIpc) is 1.53. The number of benzene rings is 18. The summed E-state index contributed by atoms with van der Waals surface area (Å²) in [6.45, 7) is 0. The van der Waals surface area contributed by atoms with E-state index in [4.69, 9.17) is 23.8 Å². The number of para-hydroxylation sites is 11. The second-order valence-corrected chi connectivity index (χ2v) is 34.2. The molecule has 0 aliphatic rings. The normalized spacial score (nSPS) is 12.2. The molecule has 0 radical (unpaired) electrons. The molecule has 12 aromatic heterocycles. The van der Waals surface area contributed by atoms with E-state index in [1.165, 1.54) is 52.5 Å². The van der Waals surface area contributed by atoms with E-state index in [1.54, 1.807) is 19.0 Å². The Morgan fingerprint density at radius 2 is 0.442 bits per heavy atom. The van der Waals surface area contributed by atoms with Crippen LogP contribution in [0.4, 0.5) is 0 Å². The van der Waals surface area contributed by atoms with Gasteiger partial charge >= 0.3 is 0 Å². The summed E-state index contributed by atoms with van der Waals surface area (Å²) in [5.74, 6) is 0. The van der Waals surface area contributed by atoms with E-state index >= 15 is 0 Å². The molecule has 30 rings (SSSR count). The zero-order valence-corrected chi connectivity index (χ0v) is 69.5. The van der Waals surface area contributed by atoms with Crippen LogP contribution in [0.1, 0.15) is 0 Å². The van der Waals surface area contributed by atoms with Crippen LogP contribution >= 0.6 is 11.3 Å². The monoisotopic (exact) mass is 1670 g/mol. The van der Waals surface area contributed by atoms with Crippen molar-refractivity contribution in [3.8, 4) is 34.1 Å². The minimum absolute atomic E-state index is 0.882. The molecule has 0 spiro atoms. The SMILES string of the molecule is c1ccc(-n2c3ccccc3c3c4cncnc4c4c5ccccc5n(-c5ccc6oc7ccccc7c6c5)c4c32)cc1.c1ccc(-n2c3ccccc3c3c4cncnc4c4c5ccccc5n(-c5ccc6sc7ccccc7c6c5)c4c32)cc1.c1ccc(-n2c3ccccc3c3c4ncncc4c4c5ccccc5n(-c5ccc6oc7ccccc7c6c5)c4c32)cc1. The lowest BCUT2D eigenvalue weighted by Crippen LogP contribution is -1.99. The molecule has 30 aromatic rings. The van der Waals surface area contributed by atoms with Gasteiger partial charge in [0, 0.05) is 175 Å². The van der Waals surface area contributed by atoms with Crippen LogP contribution in [0.3, 0.4) is 0 Å². The fourth-order valence-corrected chi connectivity index (χ4v) is 22.4. The summed E-state index contributed by atoms with van der Waals surface area (Å²) < 4.78 is 29.5. The van der Waals surface area contributed by atoms with Crippen molar-refractivity contribution in [2.75, 3.05) is 0 Å². The fourth-order valence-electron chi connectivity index (χ4n) is 21.4. The number of furan rings is 2. The number of fused-ring (bicyclic) bond motifs is 39. The highest BCUT2D eigenvalue weighted by Crippen LogP contribution is 2.52. The standard InChI is InChI=1S/2C38H22N4O.C38H22N4S/c1-2-10-23(11-3-1)41-31-16-8-5-14-27(31)35-36-29(21-39-22-40-36)34-26-13-4-7-15-30(26)42(37(34)38(35)41)24-18-19-33-28(20-24)25-12-6-9-17-32(25)43-33;2*1-2-10-23(11-3-1)41-30-15-7-4-13-26(30)34-29-21-39-22-40-36(29)35-27-14-5-8-16-31(27)42(38(35)37(34)41)24-18-19-33-28(20-24)25-12-6-9-17-32(25)43-33/h3*1-22H. The van der Waals surface area contributed by atoms with Crippen molar-refractivity contribution >= 4 is 239 Å². The number of nitrogens with zero attached hydrogens (tertiary/aromatic N) is 12. The van der Waals surface area contributed by atoms with E-state index < -0.39 is 0 Å². The summed E-state index contributed by atoms with van der Waals surface area (Å²) in [6.07, 6.45) is 10.9. The van der Waals surface area contributed by atoms with Gasteiger partial charge in [-0.1, -0.05) is 218 Å². The minimum Gasteiger partial charge on any atom is -0.456 e. The molecule has 14 nitrogen and oxygen atoms in total. The zero-order valence-electron chi connectivity index (χ0n) is 68.7. The average molecular weight is 1670 g/mol. The van der Waals surface area contributed by atoms with Crippen LogP contribution in [0, 0.1) is 0 Å². The Labute approximate surface area is 735 Å². The van der Waals surface area contributed by atoms with Gasteiger partial charge in [0.2, 0.25) is 0 Å². The third kappa shape index (κ3) is 10.2. The second-order valence-electron chi connectivity index (χ2n) is 33.2. The van der Waals surface area contributed by atoms with Gasteiger partial charge < -0.3 is 36.2 Å². The van der Waals surface area contributed by atoms with Gasteiger partial charge in [0.05, 0.1) is 82.8 Å². The molecule has 600 valence electrons. The number of rotatable bonds is 6. The Bertz CT molecular complexity index is 9100. The summed E-state index contributed by atoms with van der Waals surface area (Å²) in [5.41, 5.74) is 26.8. The molecule has 18 aromatic carbocycles. The van der Waals surface area contributed by atoms with Crippen molar-refractivity contribution < 1.29 is 8.83 Å². The maximum atomic E-state index is 6.21. The van der Waals surface area contributed by atoms with Crippen LogP contribution < -0.4 is 0 Å². The number of thiophene rings is 1. The summed E-state index contributed by atoms with van der Waals surface area (Å²) >= 11 is 1.85. The van der Waals surface area contributed by atoms with E-state index in [-0.39, 0.29) is 0 Å². The lowest BCUT2D eigenvalue weighted by Gasteiger charge is -2.13. The van der Waals surface area contributed by atoms with Crippen LogP contribution in [-0.2, 0) is 0 Å². The van der Waals surface area contributed by atoms with Gasteiger partial charge in [-0.15, -0.1) is 11.3 Å². The van der Waals surface area contributed by atoms with Gasteiger partial charge in [-0.05, 0) is 146 Å². The summed E-state index contributed by atoms with van der Waals surface area (Å²) in [6, 6.07) is 129. The number of hydrogen-bond acceptors (Lipinski definition) is 9. The third-order valence-electron chi connectivity index (χ3n) is 26.5. The molecule has 0 N–H and O–H groups in total. The predicted octanol–water partition coefficient (Wildman–Crippen LogP) is 29.6. The molecule has 0 aliphatic carbocycles. The lowest BCUT2D eigenvalue weighted by molar-refractivity contribution is 0.668. The predicted molar refractivity (Wildman–Crippen MR) is 532 cm³/mol. The molecule has 12 heterocycles. The first-order valence-electron chi connectivity index (χ1n) is 43.3. The first-order valence-corrected chi connectivity index (χ1v) is 44.1. The Hall–Kier alpha value is -17.4. The largest absolute Gasteiger partial charge is 0.456 e. The summed E-state index contributed by atoms with van der Waals surface area (Å²) in [5, 5.41) is 24.1. The van der Waals surface area contributed by atoms with E-state index in [0.29, 0.717) is 0 Å². The lowest BCUT2D eigenvalue weighted by atomic mass is 10.0.